The molecule has 1 aliphatic heterocycles. The summed E-state index contributed by atoms with van der Waals surface area (Å²) >= 11 is 0. The molecule has 0 spiro atoms. The van der Waals surface area contributed by atoms with Gasteiger partial charge >= 0.3 is 0 Å². The van der Waals surface area contributed by atoms with Gasteiger partial charge in [0.25, 0.3) is 5.69 Å². The molecule has 0 unspecified atom stereocenters. The molecule has 0 N–H and O–H groups in total. The molecule has 8 heteroatoms. The second kappa shape index (κ2) is 5.98. The van der Waals surface area contributed by atoms with Crippen molar-refractivity contribution in [3.63, 3.8) is 0 Å². The smallest absolute Gasteiger partial charge is 0.269 e. The number of nitrogens with zero attached hydrogens (tertiary/aromatic N) is 4. The second-order valence-corrected chi connectivity index (χ2v) is 4.19. The molecule has 0 radical (unpaired) electrons. The van der Waals surface area contributed by atoms with E-state index in [4.69, 9.17) is 4.84 Å². The minimum absolute atomic E-state index is 0.0169. The standard InChI is InChI=1S/C11H14N4O4/c16-14(17)11-5-3-10(4-6-11)9-19-12-15(18)13-7-1-2-8-13/h3-6H,1-2,7-9H2/b15-12-. The van der Waals surface area contributed by atoms with E-state index in [0.29, 0.717) is 23.6 Å². The summed E-state index contributed by atoms with van der Waals surface area (Å²) in [7, 11) is 0. The van der Waals surface area contributed by atoms with Crippen molar-refractivity contribution >= 4 is 5.69 Å². The number of hydrogen-bond donors (Lipinski definition) is 0. The molecule has 8 nitrogen and oxygen atoms in total. The largest absolute Gasteiger partial charge is 0.569 e. The number of nitro benzene ring substituents is 1. The van der Waals surface area contributed by atoms with Gasteiger partial charge in [-0.15, -0.1) is 5.01 Å². The molecule has 102 valence electrons. The van der Waals surface area contributed by atoms with E-state index in [1.807, 2.05) is 0 Å². The monoisotopic (exact) mass is 266 g/mol. The van der Waals surface area contributed by atoms with Gasteiger partial charge in [0, 0.05) is 12.1 Å². The van der Waals surface area contributed by atoms with Gasteiger partial charge in [-0.1, -0.05) is 0 Å². The molecule has 1 fully saturated rings. The van der Waals surface area contributed by atoms with Gasteiger partial charge in [0.1, 0.15) is 6.61 Å². The molecule has 1 aliphatic rings. The third kappa shape index (κ3) is 3.54. The van der Waals surface area contributed by atoms with Gasteiger partial charge in [-0.2, -0.15) is 0 Å². The van der Waals surface area contributed by atoms with Gasteiger partial charge in [-0.25, -0.2) is 0 Å². The highest BCUT2D eigenvalue weighted by Gasteiger charge is 2.18. The van der Waals surface area contributed by atoms with Crippen LogP contribution in [0.1, 0.15) is 18.4 Å². The summed E-state index contributed by atoms with van der Waals surface area (Å²) in [6.45, 7) is 1.48. The summed E-state index contributed by atoms with van der Waals surface area (Å²) in [5, 5.41) is 26.9. The molecule has 1 saturated heterocycles. The maximum atomic E-state index is 11.4. The summed E-state index contributed by atoms with van der Waals surface area (Å²) in [5.41, 5.74) is 0.729. The molecule has 1 aromatic rings. The van der Waals surface area contributed by atoms with Crippen LogP contribution in [-0.2, 0) is 11.4 Å². The molecule has 0 atom stereocenters. The van der Waals surface area contributed by atoms with Crippen molar-refractivity contribution in [2.45, 2.75) is 19.4 Å². The van der Waals surface area contributed by atoms with Crippen LogP contribution >= 0.6 is 0 Å². The Balaban J connectivity index is 1.84. The van der Waals surface area contributed by atoms with Crippen molar-refractivity contribution < 1.29 is 14.7 Å². The Morgan fingerprint density at radius 2 is 1.84 bits per heavy atom. The Morgan fingerprint density at radius 1 is 1.21 bits per heavy atom. The van der Waals surface area contributed by atoms with Crippen molar-refractivity contribution in [2.75, 3.05) is 13.1 Å². The van der Waals surface area contributed by atoms with Crippen LogP contribution in [0.2, 0.25) is 0 Å². The molecule has 1 heterocycles. The predicted molar refractivity (Wildman–Crippen MR) is 64.7 cm³/mol. The first-order chi connectivity index (χ1) is 9.16. The average molecular weight is 266 g/mol. The van der Waals surface area contributed by atoms with Crippen LogP contribution in [0.15, 0.2) is 29.5 Å². The van der Waals surface area contributed by atoms with Crippen molar-refractivity contribution in [3.05, 3.63) is 45.2 Å². The number of non-ortho nitro benzene ring substituents is 1. The fourth-order valence-corrected chi connectivity index (χ4v) is 1.79. The number of hydrazine groups is 1. The maximum absolute atomic E-state index is 11.4. The third-order valence-electron chi connectivity index (χ3n) is 2.83. The highest BCUT2D eigenvalue weighted by Crippen LogP contribution is 2.13. The third-order valence-corrected chi connectivity index (χ3v) is 2.83. The molecular formula is C11H14N4O4. The summed E-state index contributed by atoms with van der Waals surface area (Å²) in [6.07, 6.45) is 1.97. The lowest BCUT2D eigenvalue weighted by atomic mass is 10.2. The predicted octanol–water partition coefficient (Wildman–Crippen LogP) is 2.00. The molecular weight excluding hydrogens is 252 g/mol. The first-order valence-electron chi connectivity index (χ1n) is 5.95. The summed E-state index contributed by atoms with van der Waals surface area (Å²) < 4.78 is 0. The maximum Gasteiger partial charge on any atom is 0.269 e. The Labute approximate surface area is 109 Å². The van der Waals surface area contributed by atoms with E-state index in [-0.39, 0.29) is 12.3 Å². The summed E-state index contributed by atoms with van der Waals surface area (Å²) in [5.74, 6) is 0. The highest BCUT2D eigenvalue weighted by molar-refractivity contribution is 5.32. The van der Waals surface area contributed by atoms with Gasteiger partial charge in [0.15, 0.2) is 0 Å². The van der Waals surface area contributed by atoms with E-state index < -0.39 is 4.92 Å². The Kier molecular flexibility index (Phi) is 4.11. The quantitative estimate of drug-likeness (QED) is 0.351. The van der Waals surface area contributed by atoms with Crippen LogP contribution in [0.25, 0.3) is 0 Å². The van der Waals surface area contributed by atoms with E-state index in [1.54, 1.807) is 17.1 Å². The van der Waals surface area contributed by atoms with E-state index in [2.05, 4.69) is 5.28 Å². The molecule has 0 aromatic heterocycles. The lowest BCUT2D eigenvalue weighted by molar-refractivity contribution is -0.707. The van der Waals surface area contributed by atoms with Crippen LogP contribution < -0.4 is 0 Å². The highest BCUT2D eigenvalue weighted by atomic mass is 16.7. The normalized spacial score (nSPS) is 15.6. The molecule has 0 aliphatic carbocycles. The minimum atomic E-state index is -0.470. The van der Waals surface area contributed by atoms with E-state index in [1.165, 1.54) is 12.1 Å². The van der Waals surface area contributed by atoms with Crippen molar-refractivity contribution in [1.82, 2.24) is 5.01 Å². The van der Waals surface area contributed by atoms with Gasteiger partial charge in [-0.3, -0.25) is 10.1 Å². The second-order valence-electron chi connectivity index (χ2n) is 4.19. The van der Waals surface area contributed by atoms with Gasteiger partial charge < -0.3 is 10.0 Å². The van der Waals surface area contributed by atoms with E-state index in [0.717, 1.165) is 12.8 Å². The zero-order valence-electron chi connectivity index (χ0n) is 10.3. The zero-order chi connectivity index (χ0) is 13.7. The van der Waals surface area contributed by atoms with Gasteiger partial charge in [0.05, 0.1) is 23.0 Å². The molecule has 1 aromatic carbocycles. The van der Waals surface area contributed by atoms with E-state index in [9.17, 15) is 15.3 Å². The fraction of sp³-hybridized carbons (Fsp3) is 0.455. The fourth-order valence-electron chi connectivity index (χ4n) is 1.79. The molecule has 2 rings (SSSR count). The Bertz CT molecular complexity index is 468. The van der Waals surface area contributed by atoms with Crippen LogP contribution in [0.3, 0.4) is 0 Å². The van der Waals surface area contributed by atoms with Gasteiger partial charge in [-0.05, 0) is 30.5 Å². The number of nitro groups is 1. The molecule has 19 heavy (non-hydrogen) atoms. The molecule has 0 saturated carbocycles. The summed E-state index contributed by atoms with van der Waals surface area (Å²) in [4.78, 5) is 15.4. The topological polar surface area (TPSA) is 94.0 Å². The lowest BCUT2D eigenvalue weighted by Gasteiger charge is -2.09. The van der Waals surface area contributed by atoms with E-state index >= 15 is 0 Å². The first-order valence-corrected chi connectivity index (χ1v) is 5.95. The van der Waals surface area contributed by atoms with Crippen LogP contribution in [0.5, 0.6) is 0 Å². The SMILES string of the molecule is O=[N+]([O-])c1ccc(CO/N=[N+](\[O-])N2CCCC2)cc1. The van der Waals surface area contributed by atoms with Crippen molar-refractivity contribution in [2.24, 2.45) is 5.28 Å². The Morgan fingerprint density at radius 3 is 2.42 bits per heavy atom. The Hall–Kier alpha value is -2.38. The number of rotatable bonds is 5. The molecule has 0 amide bonds. The molecule has 0 bridgehead atoms. The lowest BCUT2D eigenvalue weighted by Crippen LogP contribution is -2.27. The number of hydrogen-bond acceptors (Lipinski definition) is 5. The van der Waals surface area contributed by atoms with Crippen LogP contribution in [-0.4, -0.2) is 28.0 Å². The average Bonchev–Trinajstić information content (AvgIpc) is 2.93. The van der Waals surface area contributed by atoms with Crippen LogP contribution in [0, 0.1) is 15.3 Å². The minimum Gasteiger partial charge on any atom is -0.569 e. The van der Waals surface area contributed by atoms with Crippen LogP contribution in [0.4, 0.5) is 5.69 Å². The number of benzene rings is 1. The van der Waals surface area contributed by atoms with Gasteiger partial charge in [0.2, 0.25) is 5.28 Å². The first kappa shape index (κ1) is 13.1. The zero-order valence-corrected chi connectivity index (χ0v) is 10.3. The van der Waals surface area contributed by atoms with Crippen molar-refractivity contribution in [1.29, 1.82) is 0 Å². The summed E-state index contributed by atoms with van der Waals surface area (Å²) in [6, 6.07) is 5.90. The van der Waals surface area contributed by atoms with Crippen molar-refractivity contribution in [3.8, 4) is 0 Å².